The van der Waals surface area contributed by atoms with Crippen molar-refractivity contribution in [1.82, 2.24) is 20.3 Å². The maximum absolute atomic E-state index is 11.7. The number of rotatable bonds is 5. The Balaban J connectivity index is 1.98. The average Bonchev–Trinajstić information content (AvgIpc) is 2.67. The minimum Gasteiger partial charge on any atom is -0.496 e. The van der Waals surface area contributed by atoms with Crippen LogP contribution < -0.4 is 20.1 Å². The number of aromatic nitrogens is 3. The lowest BCUT2D eigenvalue weighted by atomic mass is 10.1. The molecule has 1 aromatic carbocycles. The predicted octanol–water partition coefficient (Wildman–Crippen LogP) is 2.70. The third kappa shape index (κ3) is 4.01. The van der Waals surface area contributed by atoms with Crippen molar-refractivity contribution in [2.24, 2.45) is 0 Å². The van der Waals surface area contributed by atoms with Crippen molar-refractivity contribution in [3.05, 3.63) is 36.5 Å². The SMILES string of the molecule is CCNC(=O)Nc1ccc2ncc(-c3ccc(OC#N)cc3OC)nc2n1. The molecule has 136 valence electrons. The molecule has 0 radical (unpaired) electrons. The van der Waals surface area contributed by atoms with Crippen LogP contribution in [0.5, 0.6) is 11.5 Å². The summed E-state index contributed by atoms with van der Waals surface area (Å²) in [5.74, 6) is 1.20. The van der Waals surface area contributed by atoms with Crippen molar-refractivity contribution >= 4 is 23.0 Å². The van der Waals surface area contributed by atoms with Crippen molar-refractivity contribution in [3.63, 3.8) is 0 Å². The van der Waals surface area contributed by atoms with Gasteiger partial charge in [-0.3, -0.25) is 10.3 Å². The van der Waals surface area contributed by atoms with Crippen LogP contribution >= 0.6 is 0 Å². The van der Waals surface area contributed by atoms with E-state index in [1.54, 1.807) is 42.8 Å². The lowest BCUT2D eigenvalue weighted by molar-refractivity contribution is 0.252. The van der Waals surface area contributed by atoms with Crippen LogP contribution in [-0.2, 0) is 0 Å². The molecule has 0 fully saturated rings. The number of urea groups is 1. The molecule has 0 spiro atoms. The molecule has 3 aromatic rings. The first kappa shape index (κ1) is 17.9. The number of nitrogens with zero attached hydrogens (tertiary/aromatic N) is 4. The molecule has 0 bridgehead atoms. The Labute approximate surface area is 155 Å². The van der Waals surface area contributed by atoms with Crippen molar-refractivity contribution in [2.75, 3.05) is 19.0 Å². The Kier molecular flexibility index (Phi) is 5.28. The van der Waals surface area contributed by atoms with Crippen LogP contribution in [0.1, 0.15) is 6.92 Å². The van der Waals surface area contributed by atoms with E-state index in [-0.39, 0.29) is 6.03 Å². The fourth-order valence-corrected chi connectivity index (χ4v) is 2.42. The Morgan fingerprint density at radius 2 is 2.11 bits per heavy atom. The van der Waals surface area contributed by atoms with Gasteiger partial charge in [-0.15, -0.1) is 5.26 Å². The second-order valence-electron chi connectivity index (χ2n) is 5.33. The van der Waals surface area contributed by atoms with Gasteiger partial charge < -0.3 is 14.8 Å². The van der Waals surface area contributed by atoms with E-state index in [0.29, 0.717) is 46.3 Å². The molecule has 9 heteroatoms. The zero-order valence-electron chi connectivity index (χ0n) is 14.7. The van der Waals surface area contributed by atoms with Crippen molar-refractivity contribution in [1.29, 1.82) is 5.26 Å². The Morgan fingerprint density at radius 1 is 1.26 bits per heavy atom. The number of hydrogen-bond acceptors (Lipinski definition) is 7. The van der Waals surface area contributed by atoms with Crippen molar-refractivity contribution < 1.29 is 14.3 Å². The predicted molar refractivity (Wildman–Crippen MR) is 98.3 cm³/mol. The standard InChI is InChI=1S/C18H16N6O3/c1-3-20-18(25)24-16-7-6-13-17(23-16)22-14(9-21-13)12-5-4-11(27-10-19)8-15(12)26-2/h4-9H,3H2,1-2H3,(H2,20,22,23,24,25). The molecule has 9 nitrogen and oxygen atoms in total. The van der Waals surface area contributed by atoms with Gasteiger partial charge in [0, 0.05) is 18.2 Å². The van der Waals surface area contributed by atoms with E-state index >= 15 is 0 Å². The number of methoxy groups -OCH3 is 1. The summed E-state index contributed by atoms with van der Waals surface area (Å²) in [6, 6.07) is 7.97. The van der Waals surface area contributed by atoms with Crippen LogP contribution in [0.15, 0.2) is 36.5 Å². The third-order valence-corrected chi connectivity index (χ3v) is 3.60. The number of nitriles is 1. The number of nitrogens with one attached hydrogen (secondary N) is 2. The molecule has 2 N–H and O–H groups in total. The topological polar surface area (TPSA) is 122 Å². The molecule has 2 aromatic heterocycles. The molecule has 0 aliphatic carbocycles. The minimum absolute atomic E-state index is 0.344. The normalized spacial score (nSPS) is 10.1. The van der Waals surface area contributed by atoms with Gasteiger partial charge in [0.05, 0.1) is 19.0 Å². The van der Waals surface area contributed by atoms with Gasteiger partial charge in [-0.1, -0.05) is 0 Å². The number of fused-ring (bicyclic) bond motifs is 1. The molecular weight excluding hydrogens is 348 g/mol. The van der Waals surface area contributed by atoms with Crippen LogP contribution in [0, 0.1) is 11.5 Å². The van der Waals surface area contributed by atoms with Gasteiger partial charge in [0.1, 0.15) is 22.8 Å². The largest absolute Gasteiger partial charge is 0.496 e. The van der Waals surface area contributed by atoms with E-state index in [1.165, 1.54) is 7.11 Å². The maximum atomic E-state index is 11.7. The van der Waals surface area contributed by atoms with Gasteiger partial charge in [0.2, 0.25) is 0 Å². The number of ether oxygens (including phenoxy) is 2. The molecule has 0 aliphatic rings. The van der Waals surface area contributed by atoms with Crippen molar-refractivity contribution in [3.8, 4) is 29.0 Å². The zero-order chi connectivity index (χ0) is 19.2. The maximum Gasteiger partial charge on any atom is 0.320 e. The first-order chi connectivity index (χ1) is 13.1. The van der Waals surface area contributed by atoms with E-state index in [4.69, 9.17) is 14.7 Å². The zero-order valence-corrected chi connectivity index (χ0v) is 14.7. The number of amides is 2. The number of carbonyl (C=O) groups is 1. The molecule has 3 rings (SSSR count). The molecule has 0 saturated carbocycles. The van der Waals surface area contributed by atoms with E-state index in [0.717, 1.165) is 0 Å². The third-order valence-electron chi connectivity index (χ3n) is 3.60. The monoisotopic (exact) mass is 364 g/mol. The summed E-state index contributed by atoms with van der Waals surface area (Å²) >= 11 is 0. The number of hydrogen-bond donors (Lipinski definition) is 2. The van der Waals surface area contributed by atoms with Gasteiger partial charge in [0.15, 0.2) is 5.65 Å². The molecule has 0 saturated heterocycles. The Hall–Kier alpha value is -3.93. The van der Waals surface area contributed by atoms with E-state index < -0.39 is 0 Å². The molecule has 0 atom stereocenters. The summed E-state index contributed by atoms with van der Waals surface area (Å²) in [6.45, 7) is 2.33. The summed E-state index contributed by atoms with van der Waals surface area (Å²) in [5.41, 5.74) is 2.16. The van der Waals surface area contributed by atoms with Crippen LogP contribution in [-0.4, -0.2) is 34.6 Å². The summed E-state index contributed by atoms with van der Waals surface area (Å²) in [6.07, 6.45) is 3.22. The number of benzene rings is 1. The average molecular weight is 364 g/mol. The summed E-state index contributed by atoms with van der Waals surface area (Å²) < 4.78 is 10.2. The smallest absolute Gasteiger partial charge is 0.320 e. The van der Waals surface area contributed by atoms with Gasteiger partial charge >= 0.3 is 6.03 Å². The highest BCUT2D eigenvalue weighted by atomic mass is 16.5. The molecule has 0 aliphatic heterocycles. The molecular formula is C18H16N6O3. The summed E-state index contributed by atoms with van der Waals surface area (Å²) in [7, 11) is 1.51. The Morgan fingerprint density at radius 3 is 2.85 bits per heavy atom. The molecule has 0 unspecified atom stereocenters. The minimum atomic E-state index is -0.344. The van der Waals surface area contributed by atoms with Gasteiger partial charge in [-0.25, -0.2) is 14.8 Å². The second-order valence-corrected chi connectivity index (χ2v) is 5.33. The van der Waals surface area contributed by atoms with Gasteiger partial charge in [0.25, 0.3) is 6.26 Å². The Bertz CT molecular complexity index is 1030. The molecule has 2 amide bonds. The number of carbonyl (C=O) groups excluding carboxylic acids is 1. The molecule has 2 heterocycles. The van der Waals surface area contributed by atoms with Gasteiger partial charge in [-0.2, -0.15) is 0 Å². The van der Waals surface area contributed by atoms with Crippen LogP contribution in [0.25, 0.3) is 22.4 Å². The second kappa shape index (κ2) is 7.97. The fraction of sp³-hybridized carbons (Fsp3) is 0.167. The van der Waals surface area contributed by atoms with Crippen LogP contribution in [0.2, 0.25) is 0 Å². The first-order valence-corrected chi connectivity index (χ1v) is 8.07. The summed E-state index contributed by atoms with van der Waals surface area (Å²) in [5, 5.41) is 13.9. The molecule has 27 heavy (non-hydrogen) atoms. The number of pyridine rings is 1. The van der Waals surface area contributed by atoms with E-state index in [9.17, 15) is 4.79 Å². The van der Waals surface area contributed by atoms with Crippen molar-refractivity contribution in [2.45, 2.75) is 6.92 Å². The number of anilines is 1. The van der Waals surface area contributed by atoms with Gasteiger partial charge in [-0.05, 0) is 31.2 Å². The first-order valence-electron chi connectivity index (χ1n) is 8.07. The highest BCUT2D eigenvalue weighted by molar-refractivity contribution is 5.89. The highest BCUT2D eigenvalue weighted by Crippen LogP contribution is 2.32. The quantitative estimate of drug-likeness (QED) is 0.667. The fourth-order valence-electron chi connectivity index (χ4n) is 2.42. The lowest BCUT2D eigenvalue weighted by Crippen LogP contribution is -2.28. The van der Waals surface area contributed by atoms with E-state index in [1.807, 2.05) is 6.92 Å². The highest BCUT2D eigenvalue weighted by Gasteiger charge is 2.12. The van der Waals surface area contributed by atoms with Crippen LogP contribution in [0.3, 0.4) is 0 Å². The van der Waals surface area contributed by atoms with Crippen LogP contribution in [0.4, 0.5) is 10.6 Å². The summed E-state index contributed by atoms with van der Waals surface area (Å²) in [4.78, 5) is 24.9. The van der Waals surface area contributed by atoms with E-state index in [2.05, 4.69) is 25.6 Å². The lowest BCUT2D eigenvalue weighted by Gasteiger charge is -2.10.